The van der Waals surface area contributed by atoms with Crippen molar-refractivity contribution in [1.29, 1.82) is 0 Å². The van der Waals surface area contributed by atoms with Crippen molar-refractivity contribution in [2.75, 3.05) is 19.8 Å². The van der Waals surface area contributed by atoms with E-state index in [1.165, 1.54) is 6.08 Å². The molecule has 0 bridgehead atoms. The van der Waals surface area contributed by atoms with Gasteiger partial charge >= 0.3 is 5.97 Å². The van der Waals surface area contributed by atoms with Gasteiger partial charge in [0.1, 0.15) is 23.8 Å². The van der Waals surface area contributed by atoms with Gasteiger partial charge in [0.2, 0.25) is 0 Å². The molecule has 0 radical (unpaired) electrons. The number of hydrogen-bond donors (Lipinski definition) is 2. The van der Waals surface area contributed by atoms with Crippen LogP contribution in [0.2, 0.25) is 0 Å². The SMILES string of the molecule is CCOC(=O)C1=CC2(CCC1S(=O)(=O)Cc1ccc(F)cc1F)O[C@@H](CO)[C@H](CO)O2. The summed E-state index contributed by atoms with van der Waals surface area (Å²) in [6.07, 6.45) is -0.599. The molecule has 2 N–H and O–H groups in total. The predicted octanol–water partition coefficient (Wildman–Crippen LogP) is 0.996. The molecule has 172 valence electrons. The normalized spacial score (nSPS) is 25.5. The summed E-state index contributed by atoms with van der Waals surface area (Å²) >= 11 is 0. The lowest BCUT2D eigenvalue weighted by Gasteiger charge is -2.33. The molecule has 0 amide bonds. The van der Waals surface area contributed by atoms with Gasteiger partial charge in [0.05, 0.1) is 36.4 Å². The molecule has 3 rings (SSSR count). The Labute approximate surface area is 178 Å². The molecule has 0 aromatic heterocycles. The first kappa shape index (κ1) is 23.7. The number of aliphatic hydroxyl groups excluding tert-OH is 2. The number of sulfone groups is 1. The molecule has 2 aliphatic rings. The van der Waals surface area contributed by atoms with Crippen LogP contribution in [0, 0.1) is 11.6 Å². The van der Waals surface area contributed by atoms with E-state index in [4.69, 9.17) is 14.2 Å². The maximum absolute atomic E-state index is 14.0. The molecule has 1 fully saturated rings. The summed E-state index contributed by atoms with van der Waals surface area (Å²) in [7, 11) is -4.11. The second-order valence-electron chi connectivity index (χ2n) is 7.38. The number of benzene rings is 1. The summed E-state index contributed by atoms with van der Waals surface area (Å²) < 4.78 is 69.8. The molecule has 3 atom stereocenters. The topological polar surface area (TPSA) is 119 Å². The van der Waals surface area contributed by atoms with Crippen molar-refractivity contribution in [2.24, 2.45) is 0 Å². The number of halogens is 2. The van der Waals surface area contributed by atoms with Gasteiger partial charge in [-0.2, -0.15) is 0 Å². The number of carbonyl (C=O) groups is 1. The summed E-state index contributed by atoms with van der Waals surface area (Å²) in [5.74, 6) is -4.98. The lowest BCUT2D eigenvalue weighted by molar-refractivity contribution is -0.154. The minimum absolute atomic E-state index is 0.0111. The van der Waals surface area contributed by atoms with E-state index in [0.717, 1.165) is 12.1 Å². The van der Waals surface area contributed by atoms with Crippen LogP contribution in [0.4, 0.5) is 8.78 Å². The molecular formula is C20H24F2O8S. The smallest absolute Gasteiger partial charge is 0.335 e. The summed E-state index contributed by atoms with van der Waals surface area (Å²) in [6, 6.07) is 2.59. The van der Waals surface area contributed by atoms with Crippen molar-refractivity contribution < 1.29 is 46.4 Å². The first-order chi connectivity index (χ1) is 14.6. The highest BCUT2D eigenvalue weighted by molar-refractivity contribution is 7.91. The Bertz CT molecular complexity index is 950. The lowest BCUT2D eigenvalue weighted by Crippen LogP contribution is -2.41. The van der Waals surface area contributed by atoms with E-state index in [-0.39, 0.29) is 30.6 Å². The summed E-state index contributed by atoms with van der Waals surface area (Å²) in [5, 5.41) is 17.6. The van der Waals surface area contributed by atoms with Gasteiger partial charge in [-0.15, -0.1) is 0 Å². The molecule has 11 heteroatoms. The number of rotatable bonds is 7. The molecule has 1 aliphatic heterocycles. The van der Waals surface area contributed by atoms with E-state index < -0.39 is 69.7 Å². The lowest BCUT2D eigenvalue weighted by atomic mass is 9.94. The van der Waals surface area contributed by atoms with E-state index in [2.05, 4.69) is 0 Å². The average molecular weight is 462 g/mol. The molecule has 1 aromatic rings. The Morgan fingerprint density at radius 2 is 1.87 bits per heavy atom. The average Bonchev–Trinajstić information content (AvgIpc) is 3.07. The Morgan fingerprint density at radius 3 is 2.42 bits per heavy atom. The molecular weight excluding hydrogens is 438 g/mol. The van der Waals surface area contributed by atoms with E-state index in [1.807, 2.05) is 0 Å². The molecule has 31 heavy (non-hydrogen) atoms. The van der Waals surface area contributed by atoms with Crippen LogP contribution < -0.4 is 0 Å². The van der Waals surface area contributed by atoms with E-state index in [1.54, 1.807) is 6.92 Å². The Morgan fingerprint density at radius 1 is 1.23 bits per heavy atom. The molecule has 1 aliphatic carbocycles. The third kappa shape index (κ3) is 4.96. The van der Waals surface area contributed by atoms with Crippen molar-refractivity contribution in [3.05, 3.63) is 47.0 Å². The fourth-order valence-corrected chi connectivity index (χ4v) is 5.71. The number of esters is 1. The molecule has 1 heterocycles. The van der Waals surface area contributed by atoms with Gasteiger partial charge < -0.3 is 24.4 Å². The molecule has 0 saturated carbocycles. The van der Waals surface area contributed by atoms with E-state index >= 15 is 0 Å². The highest BCUT2D eigenvalue weighted by atomic mass is 32.2. The van der Waals surface area contributed by atoms with E-state index in [0.29, 0.717) is 6.07 Å². The zero-order chi connectivity index (χ0) is 22.8. The van der Waals surface area contributed by atoms with Crippen LogP contribution in [0.15, 0.2) is 29.8 Å². The number of carbonyl (C=O) groups excluding carboxylic acids is 1. The molecule has 1 unspecified atom stereocenters. The Hall–Kier alpha value is -1.92. The van der Waals surface area contributed by atoms with Gasteiger partial charge in [0.25, 0.3) is 0 Å². The van der Waals surface area contributed by atoms with Crippen LogP contribution in [0.3, 0.4) is 0 Å². The van der Waals surface area contributed by atoms with Gasteiger partial charge in [-0.05, 0) is 25.5 Å². The van der Waals surface area contributed by atoms with Gasteiger partial charge in [-0.3, -0.25) is 0 Å². The monoisotopic (exact) mass is 462 g/mol. The third-order valence-corrected chi connectivity index (χ3v) is 7.34. The molecule has 1 saturated heterocycles. The standard InChI is InChI=1S/C20H24F2O8S/c1-2-28-19(25)14-8-20(29-16(9-23)17(10-24)30-20)6-5-18(14)31(26,27)11-12-3-4-13(21)7-15(12)22/h3-4,7-8,16-18,23-24H,2,5-6,9-11H2,1H3/t16-,17-,18?/m0/s1. The maximum Gasteiger partial charge on any atom is 0.335 e. The molecule has 8 nitrogen and oxygen atoms in total. The van der Waals surface area contributed by atoms with Crippen LogP contribution in [0.25, 0.3) is 0 Å². The van der Waals surface area contributed by atoms with Gasteiger partial charge in [-0.25, -0.2) is 22.0 Å². The summed E-state index contributed by atoms with van der Waals surface area (Å²) in [6.45, 7) is 0.658. The number of aliphatic hydroxyl groups is 2. The van der Waals surface area contributed by atoms with Gasteiger partial charge in [0.15, 0.2) is 15.6 Å². The number of ether oxygens (including phenoxy) is 3. The fourth-order valence-electron chi connectivity index (χ4n) is 3.81. The van der Waals surface area contributed by atoms with Crippen molar-refractivity contribution >= 4 is 15.8 Å². The van der Waals surface area contributed by atoms with Crippen LogP contribution in [0.1, 0.15) is 25.3 Å². The van der Waals surface area contributed by atoms with Crippen LogP contribution >= 0.6 is 0 Å². The zero-order valence-corrected chi connectivity index (χ0v) is 17.6. The van der Waals surface area contributed by atoms with Crippen LogP contribution in [-0.2, 0) is 34.6 Å². The maximum atomic E-state index is 14.0. The second-order valence-corrected chi connectivity index (χ2v) is 9.56. The Kier molecular flexibility index (Phi) is 7.11. The second kappa shape index (κ2) is 9.29. The highest BCUT2D eigenvalue weighted by Crippen LogP contribution is 2.41. The van der Waals surface area contributed by atoms with Gasteiger partial charge in [-0.1, -0.05) is 6.07 Å². The van der Waals surface area contributed by atoms with Gasteiger partial charge in [0, 0.05) is 18.1 Å². The summed E-state index contributed by atoms with van der Waals surface area (Å²) in [4.78, 5) is 12.6. The molecule has 1 spiro atoms. The van der Waals surface area contributed by atoms with Crippen molar-refractivity contribution in [1.82, 2.24) is 0 Å². The quantitative estimate of drug-likeness (QED) is 0.576. The van der Waals surface area contributed by atoms with Crippen molar-refractivity contribution in [2.45, 2.75) is 48.8 Å². The summed E-state index contributed by atoms with van der Waals surface area (Å²) in [5.41, 5.74) is -0.454. The minimum Gasteiger partial charge on any atom is -0.463 e. The molecule has 1 aromatic carbocycles. The van der Waals surface area contributed by atoms with Crippen molar-refractivity contribution in [3.63, 3.8) is 0 Å². The van der Waals surface area contributed by atoms with Crippen molar-refractivity contribution in [3.8, 4) is 0 Å². The number of hydrogen-bond acceptors (Lipinski definition) is 8. The first-order valence-electron chi connectivity index (χ1n) is 9.77. The third-order valence-electron chi connectivity index (χ3n) is 5.27. The largest absolute Gasteiger partial charge is 0.463 e. The highest BCUT2D eigenvalue weighted by Gasteiger charge is 2.51. The first-order valence-corrected chi connectivity index (χ1v) is 11.5. The van der Waals surface area contributed by atoms with E-state index in [9.17, 15) is 32.2 Å². The minimum atomic E-state index is -4.11. The zero-order valence-electron chi connectivity index (χ0n) is 16.8. The van der Waals surface area contributed by atoms with Crippen LogP contribution in [0.5, 0.6) is 0 Å². The Balaban J connectivity index is 1.95. The fraction of sp³-hybridized carbons (Fsp3) is 0.550. The predicted molar refractivity (Wildman–Crippen MR) is 103 cm³/mol. The van der Waals surface area contributed by atoms with Crippen LogP contribution in [-0.4, -0.2) is 67.7 Å².